The van der Waals surface area contributed by atoms with E-state index in [-0.39, 0.29) is 31.1 Å². The Morgan fingerprint density at radius 1 is 0.512 bits per heavy atom. The predicted octanol–water partition coefficient (Wildman–Crippen LogP) is 10.1. The second-order valence-corrected chi connectivity index (χ2v) is 13.0. The van der Waals surface area contributed by atoms with Crippen LogP contribution in [0.5, 0.6) is 0 Å². The van der Waals surface area contributed by atoms with Crippen molar-refractivity contribution >= 4 is 17.8 Å². The highest BCUT2D eigenvalue weighted by atomic mass is 16.5. The van der Waals surface area contributed by atoms with E-state index in [2.05, 4.69) is 13.8 Å². The average molecular weight is 608 g/mol. The molecule has 0 N–H and O–H groups in total. The minimum absolute atomic E-state index is 0.0744. The van der Waals surface area contributed by atoms with Gasteiger partial charge in [0.15, 0.2) is 0 Å². The molecule has 0 atom stereocenters. The molecule has 0 unspecified atom stereocenters. The van der Waals surface area contributed by atoms with Crippen LogP contribution < -0.4 is 0 Å². The first-order chi connectivity index (χ1) is 21.1. The summed E-state index contributed by atoms with van der Waals surface area (Å²) in [5, 5.41) is 0. The van der Waals surface area contributed by atoms with Crippen LogP contribution in [0.25, 0.3) is 0 Å². The number of unbranched alkanes of at least 4 members (excludes halogenated alkanes) is 20. The fraction of sp³-hybridized carbons (Fsp3) is 0.919. The molecular weight excluding hydrogens is 538 g/mol. The highest BCUT2D eigenvalue weighted by molar-refractivity contribution is 5.77. The van der Waals surface area contributed by atoms with Gasteiger partial charge in [-0.15, -0.1) is 0 Å². The molecule has 1 aliphatic rings. The van der Waals surface area contributed by atoms with Gasteiger partial charge >= 0.3 is 11.9 Å². The summed E-state index contributed by atoms with van der Waals surface area (Å²) in [5.41, 5.74) is 0. The molecule has 1 aliphatic carbocycles. The van der Waals surface area contributed by atoms with Crippen LogP contribution in [0, 0.1) is 5.92 Å². The number of esters is 2. The van der Waals surface area contributed by atoms with Crippen molar-refractivity contribution in [2.45, 2.75) is 187 Å². The van der Waals surface area contributed by atoms with Crippen LogP contribution in [-0.4, -0.2) is 49.0 Å². The van der Waals surface area contributed by atoms with Crippen LogP contribution in [0.2, 0.25) is 0 Å². The van der Waals surface area contributed by atoms with Crippen molar-refractivity contribution in [3.8, 4) is 0 Å². The Kier molecular flexibility index (Phi) is 26.7. The zero-order chi connectivity index (χ0) is 31.2. The maximum atomic E-state index is 12.8. The molecule has 1 amide bonds. The molecule has 0 heterocycles. The minimum Gasteiger partial charge on any atom is -0.464 e. The van der Waals surface area contributed by atoms with Gasteiger partial charge in [0.1, 0.15) is 13.2 Å². The monoisotopic (exact) mass is 608 g/mol. The van der Waals surface area contributed by atoms with Gasteiger partial charge in [0.25, 0.3) is 0 Å². The third-order valence-electron chi connectivity index (χ3n) is 8.73. The molecule has 0 spiro atoms. The van der Waals surface area contributed by atoms with Crippen LogP contribution in [0.1, 0.15) is 187 Å². The molecule has 0 aromatic carbocycles. The van der Waals surface area contributed by atoms with E-state index in [1.165, 1.54) is 116 Å². The summed E-state index contributed by atoms with van der Waals surface area (Å²) >= 11 is 0. The van der Waals surface area contributed by atoms with E-state index in [0.717, 1.165) is 38.5 Å². The van der Waals surface area contributed by atoms with Crippen molar-refractivity contribution in [1.82, 2.24) is 4.90 Å². The fourth-order valence-corrected chi connectivity index (χ4v) is 5.61. The molecule has 0 aromatic rings. The zero-order valence-electron chi connectivity index (χ0n) is 28.5. The van der Waals surface area contributed by atoms with Gasteiger partial charge in [-0.3, -0.25) is 14.4 Å². The maximum absolute atomic E-state index is 12.8. The van der Waals surface area contributed by atoms with Gasteiger partial charge in [0.2, 0.25) is 5.91 Å². The largest absolute Gasteiger partial charge is 0.464 e. The third kappa shape index (κ3) is 26.5. The topological polar surface area (TPSA) is 72.9 Å². The lowest BCUT2D eigenvalue weighted by molar-refractivity contribution is -0.147. The van der Waals surface area contributed by atoms with Crippen molar-refractivity contribution in [3.63, 3.8) is 0 Å². The first-order valence-electron chi connectivity index (χ1n) is 18.7. The molecule has 1 fully saturated rings. The normalized spacial score (nSPS) is 12.8. The van der Waals surface area contributed by atoms with E-state index in [9.17, 15) is 14.4 Å². The lowest BCUT2D eigenvalue weighted by Crippen LogP contribution is -2.37. The predicted molar refractivity (Wildman–Crippen MR) is 178 cm³/mol. The smallest absolute Gasteiger partial charge is 0.305 e. The number of amides is 1. The number of nitrogens with zero attached hydrogens (tertiary/aromatic N) is 1. The highest BCUT2D eigenvalue weighted by Crippen LogP contribution is 2.32. The van der Waals surface area contributed by atoms with Crippen molar-refractivity contribution in [1.29, 1.82) is 0 Å². The molecule has 0 saturated heterocycles. The molecule has 0 bridgehead atoms. The molecule has 0 aromatic heterocycles. The Morgan fingerprint density at radius 3 is 1.16 bits per heavy atom. The molecular formula is C37H69NO5. The molecule has 1 rings (SSSR count). The molecule has 1 saturated carbocycles. The van der Waals surface area contributed by atoms with Gasteiger partial charge in [-0.25, -0.2) is 0 Å². The number of carbonyl (C=O) groups excluding carboxylic acids is 3. The van der Waals surface area contributed by atoms with Crippen molar-refractivity contribution < 1.29 is 23.9 Å². The van der Waals surface area contributed by atoms with E-state index in [1.54, 1.807) is 4.90 Å². The Hall–Kier alpha value is -1.59. The molecule has 6 heteroatoms. The highest BCUT2D eigenvalue weighted by Gasteiger charge is 2.27. The van der Waals surface area contributed by atoms with Gasteiger partial charge in [-0.05, 0) is 31.6 Å². The number of hydrogen-bond donors (Lipinski definition) is 0. The quantitative estimate of drug-likeness (QED) is 0.0562. The standard InChI is InChI=1S/C37H69NO5/c1-3-5-7-9-11-13-15-17-19-21-23-25-36(40)42-31-29-38(35(39)33-34-27-28-34)30-32-43-37(41)26-24-22-20-18-16-14-12-10-8-6-4-2/h34H,3-33H2,1-2H3. The Morgan fingerprint density at radius 2 is 0.837 bits per heavy atom. The number of ether oxygens (including phenoxy) is 2. The zero-order valence-corrected chi connectivity index (χ0v) is 28.5. The van der Waals surface area contributed by atoms with E-state index in [0.29, 0.717) is 38.3 Å². The second-order valence-electron chi connectivity index (χ2n) is 13.0. The fourth-order valence-electron chi connectivity index (χ4n) is 5.61. The van der Waals surface area contributed by atoms with Gasteiger partial charge in [-0.2, -0.15) is 0 Å². The lowest BCUT2D eigenvalue weighted by Gasteiger charge is -2.22. The summed E-state index contributed by atoms with van der Waals surface area (Å²) in [6, 6.07) is 0. The molecule has 0 radical (unpaired) electrons. The van der Waals surface area contributed by atoms with Crippen LogP contribution in [0.4, 0.5) is 0 Å². The summed E-state index contributed by atoms with van der Waals surface area (Å²) in [4.78, 5) is 38.9. The van der Waals surface area contributed by atoms with E-state index in [1.807, 2.05) is 0 Å². The first-order valence-corrected chi connectivity index (χ1v) is 18.7. The Bertz CT molecular complexity index is 634. The maximum Gasteiger partial charge on any atom is 0.305 e. The summed E-state index contributed by atoms with van der Waals surface area (Å²) in [7, 11) is 0. The molecule has 43 heavy (non-hydrogen) atoms. The Balaban J connectivity index is 2.08. The van der Waals surface area contributed by atoms with E-state index in [4.69, 9.17) is 9.47 Å². The molecule has 0 aliphatic heterocycles. The average Bonchev–Trinajstić information content (AvgIpc) is 3.81. The number of hydrogen-bond acceptors (Lipinski definition) is 5. The summed E-state index contributed by atoms with van der Waals surface area (Å²) in [5.74, 6) is 0.209. The number of rotatable bonds is 32. The minimum atomic E-state index is -0.177. The summed E-state index contributed by atoms with van der Waals surface area (Å²) < 4.78 is 10.9. The van der Waals surface area contributed by atoms with Gasteiger partial charge in [0, 0.05) is 19.3 Å². The van der Waals surface area contributed by atoms with Crippen molar-refractivity contribution in [2.75, 3.05) is 26.3 Å². The summed E-state index contributed by atoms with van der Waals surface area (Å²) in [6.07, 6.45) is 31.2. The lowest BCUT2D eigenvalue weighted by atomic mass is 10.1. The van der Waals surface area contributed by atoms with Gasteiger partial charge in [0.05, 0.1) is 13.1 Å². The second kappa shape index (κ2) is 29.1. The van der Waals surface area contributed by atoms with E-state index >= 15 is 0 Å². The van der Waals surface area contributed by atoms with Crippen LogP contribution >= 0.6 is 0 Å². The number of carbonyl (C=O) groups is 3. The van der Waals surface area contributed by atoms with Crippen molar-refractivity contribution in [2.24, 2.45) is 5.92 Å². The SMILES string of the molecule is CCCCCCCCCCCCCC(=O)OCCN(CCOC(=O)CCCCCCCCCCCCC)C(=O)CC1CC1. The van der Waals surface area contributed by atoms with Crippen LogP contribution in [-0.2, 0) is 23.9 Å². The van der Waals surface area contributed by atoms with Crippen LogP contribution in [0.3, 0.4) is 0 Å². The molecule has 6 nitrogen and oxygen atoms in total. The Labute approximate surface area is 265 Å². The first kappa shape index (κ1) is 39.4. The molecule has 252 valence electrons. The van der Waals surface area contributed by atoms with Crippen LogP contribution in [0.15, 0.2) is 0 Å². The van der Waals surface area contributed by atoms with Crippen molar-refractivity contribution in [3.05, 3.63) is 0 Å². The van der Waals surface area contributed by atoms with Gasteiger partial charge in [-0.1, -0.05) is 142 Å². The third-order valence-corrected chi connectivity index (χ3v) is 8.73. The van der Waals surface area contributed by atoms with Gasteiger partial charge < -0.3 is 14.4 Å². The summed E-state index contributed by atoms with van der Waals surface area (Å²) in [6.45, 7) is 5.66. The van der Waals surface area contributed by atoms with E-state index < -0.39 is 0 Å².